The molecule has 0 saturated carbocycles. The molecular weight excluding hydrogens is 320 g/mol. The molecule has 0 atom stereocenters. The number of nitrogens with one attached hydrogen (secondary N) is 1. The van der Waals surface area contributed by atoms with E-state index < -0.39 is 0 Å². The van der Waals surface area contributed by atoms with Crippen LogP contribution < -0.4 is 5.32 Å². The number of aryl methyl sites for hydroxylation is 1. The first-order chi connectivity index (χ1) is 11.8. The van der Waals surface area contributed by atoms with E-state index in [4.69, 9.17) is 4.74 Å². The third kappa shape index (κ3) is 4.42. The summed E-state index contributed by atoms with van der Waals surface area (Å²) in [6.45, 7) is 3.55. The molecule has 1 aromatic carbocycles. The van der Waals surface area contributed by atoms with E-state index in [1.54, 1.807) is 0 Å². The first kappa shape index (κ1) is 17.1. The van der Waals surface area contributed by atoms with Gasteiger partial charge in [-0.3, -0.25) is 4.79 Å². The van der Waals surface area contributed by atoms with Crippen molar-refractivity contribution in [2.75, 3.05) is 18.5 Å². The Kier molecular flexibility index (Phi) is 5.99. The molecular formula is C19H24N2O2S. The van der Waals surface area contributed by atoms with Gasteiger partial charge in [0.05, 0.1) is 5.69 Å². The van der Waals surface area contributed by atoms with Gasteiger partial charge < -0.3 is 10.1 Å². The van der Waals surface area contributed by atoms with Gasteiger partial charge in [-0.15, -0.1) is 11.3 Å². The number of hydrogen-bond acceptors (Lipinski definition) is 4. The molecule has 1 saturated heterocycles. The highest BCUT2D eigenvalue weighted by Crippen LogP contribution is 2.26. The van der Waals surface area contributed by atoms with Crippen molar-refractivity contribution in [2.45, 2.75) is 39.0 Å². The van der Waals surface area contributed by atoms with Crippen molar-refractivity contribution in [1.29, 1.82) is 0 Å². The smallest absolute Gasteiger partial charge is 0.229 e. The highest BCUT2D eigenvalue weighted by atomic mass is 32.1. The highest BCUT2D eigenvalue weighted by Gasteiger charge is 2.22. The second kappa shape index (κ2) is 8.40. The molecule has 0 bridgehead atoms. The monoisotopic (exact) mass is 344 g/mol. The van der Waals surface area contributed by atoms with Crippen LogP contribution in [0.4, 0.5) is 5.13 Å². The van der Waals surface area contributed by atoms with Gasteiger partial charge in [0.25, 0.3) is 0 Å². The van der Waals surface area contributed by atoms with Crippen molar-refractivity contribution >= 4 is 22.4 Å². The van der Waals surface area contributed by atoms with Crippen LogP contribution in [-0.2, 0) is 16.0 Å². The van der Waals surface area contributed by atoms with Crippen LogP contribution in [0, 0.1) is 5.92 Å². The van der Waals surface area contributed by atoms with Crippen molar-refractivity contribution < 1.29 is 9.53 Å². The van der Waals surface area contributed by atoms with Crippen LogP contribution in [0.25, 0.3) is 11.3 Å². The van der Waals surface area contributed by atoms with Crippen LogP contribution in [0.2, 0.25) is 0 Å². The summed E-state index contributed by atoms with van der Waals surface area (Å²) in [7, 11) is 0. The normalized spacial score (nSPS) is 15.4. The van der Waals surface area contributed by atoms with Crippen LogP contribution in [0.5, 0.6) is 0 Å². The van der Waals surface area contributed by atoms with E-state index in [9.17, 15) is 4.79 Å². The molecule has 0 aliphatic carbocycles. The average Bonchev–Trinajstić information content (AvgIpc) is 3.09. The van der Waals surface area contributed by atoms with Crippen molar-refractivity contribution in [3.63, 3.8) is 0 Å². The molecule has 1 N–H and O–H groups in total. The molecule has 24 heavy (non-hydrogen) atoms. The predicted octanol–water partition coefficient (Wildman–Crippen LogP) is 4.52. The van der Waals surface area contributed by atoms with Gasteiger partial charge in [0, 0.05) is 30.1 Å². The number of unbranched alkanes of at least 4 members (excludes halogenated alkanes) is 1. The maximum Gasteiger partial charge on any atom is 0.229 e. The van der Waals surface area contributed by atoms with Gasteiger partial charge >= 0.3 is 0 Å². The number of carbonyl (C=O) groups excluding carboxylic acids is 1. The molecule has 1 aliphatic heterocycles. The maximum atomic E-state index is 12.3. The molecule has 2 heterocycles. The number of carbonyl (C=O) groups is 1. The summed E-state index contributed by atoms with van der Waals surface area (Å²) in [5.74, 6) is 0.109. The third-order valence-electron chi connectivity index (χ3n) is 4.40. The van der Waals surface area contributed by atoms with E-state index in [2.05, 4.69) is 41.5 Å². The number of aromatic nitrogens is 1. The average molecular weight is 344 g/mol. The molecule has 2 aromatic rings. The number of rotatable bonds is 6. The first-order valence-corrected chi connectivity index (χ1v) is 9.57. The molecule has 1 aliphatic rings. The maximum absolute atomic E-state index is 12.3. The number of thiazole rings is 1. The number of nitrogens with zero attached hydrogens (tertiary/aromatic N) is 1. The van der Waals surface area contributed by atoms with Gasteiger partial charge in [0.1, 0.15) is 0 Å². The van der Waals surface area contributed by atoms with Gasteiger partial charge in [-0.2, -0.15) is 0 Å². The summed E-state index contributed by atoms with van der Waals surface area (Å²) < 4.78 is 5.30. The minimum absolute atomic E-state index is 0.0453. The largest absolute Gasteiger partial charge is 0.381 e. The number of hydrogen-bond donors (Lipinski definition) is 1. The summed E-state index contributed by atoms with van der Waals surface area (Å²) in [4.78, 5) is 16.8. The van der Waals surface area contributed by atoms with Crippen molar-refractivity contribution in [3.05, 3.63) is 35.2 Å². The van der Waals surface area contributed by atoms with Gasteiger partial charge in [-0.1, -0.05) is 37.6 Å². The summed E-state index contributed by atoms with van der Waals surface area (Å²) in [6, 6.07) is 8.57. The molecule has 4 nitrogen and oxygen atoms in total. The number of ether oxygens (including phenoxy) is 1. The lowest BCUT2D eigenvalue weighted by Crippen LogP contribution is -2.28. The van der Waals surface area contributed by atoms with E-state index in [1.807, 2.05) is 5.38 Å². The summed E-state index contributed by atoms with van der Waals surface area (Å²) in [5.41, 5.74) is 3.38. The lowest BCUT2D eigenvalue weighted by molar-refractivity contribution is -0.122. The van der Waals surface area contributed by atoms with Gasteiger partial charge in [0.15, 0.2) is 5.13 Å². The van der Waals surface area contributed by atoms with E-state index in [0.29, 0.717) is 18.3 Å². The molecule has 128 valence electrons. The highest BCUT2D eigenvalue weighted by molar-refractivity contribution is 7.14. The Morgan fingerprint density at radius 2 is 2.04 bits per heavy atom. The topological polar surface area (TPSA) is 51.2 Å². The van der Waals surface area contributed by atoms with E-state index in [0.717, 1.165) is 30.5 Å². The zero-order chi connectivity index (χ0) is 16.8. The zero-order valence-corrected chi connectivity index (χ0v) is 14.9. The minimum Gasteiger partial charge on any atom is -0.381 e. The minimum atomic E-state index is 0.0453. The van der Waals surface area contributed by atoms with E-state index in [1.165, 1.54) is 29.7 Å². The van der Waals surface area contributed by atoms with Crippen LogP contribution >= 0.6 is 11.3 Å². The Morgan fingerprint density at radius 3 is 2.75 bits per heavy atom. The molecule has 1 aromatic heterocycles. The Hall–Kier alpha value is -1.72. The van der Waals surface area contributed by atoms with Crippen molar-refractivity contribution in [1.82, 2.24) is 4.98 Å². The van der Waals surface area contributed by atoms with Crippen LogP contribution in [0.15, 0.2) is 29.6 Å². The first-order valence-electron chi connectivity index (χ1n) is 8.69. The van der Waals surface area contributed by atoms with Crippen molar-refractivity contribution in [2.24, 2.45) is 5.92 Å². The lowest BCUT2D eigenvalue weighted by atomic mass is 10.00. The van der Waals surface area contributed by atoms with Crippen molar-refractivity contribution in [3.8, 4) is 11.3 Å². The number of anilines is 1. The van der Waals surface area contributed by atoms with Gasteiger partial charge in [0.2, 0.25) is 5.91 Å². The van der Waals surface area contributed by atoms with E-state index in [-0.39, 0.29) is 11.8 Å². The molecule has 0 radical (unpaired) electrons. The van der Waals surface area contributed by atoms with Crippen LogP contribution in [0.1, 0.15) is 38.2 Å². The summed E-state index contributed by atoms with van der Waals surface area (Å²) >= 11 is 1.48. The fraction of sp³-hybridized carbons (Fsp3) is 0.474. The third-order valence-corrected chi connectivity index (χ3v) is 5.15. The molecule has 1 fully saturated rings. The Labute approximate surface area is 147 Å². The lowest BCUT2D eigenvalue weighted by Gasteiger charge is -2.20. The molecule has 1 amide bonds. The molecule has 3 rings (SSSR count). The molecule has 0 unspecified atom stereocenters. The predicted molar refractivity (Wildman–Crippen MR) is 98.3 cm³/mol. The van der Waals surface area contributed by atoms with E-state index >= 15 is 0 Å². The molecule has 5 heteroatoms. The Balaban J connectivity index is 1.61. The van der Waals surface area contributed by atoms with Crippen LogP contribution in [0.3, 0.4) is 0 Å². The second-order valence-electron chi connectivity index (χ2n) is 6.21. The number of amides is 1. The zero-order valence-electron chi connectivity index (χ0n) is 14.1. The summed E-state index contributed by atoms with van der Waals surface area (Å²) in [5, 5.41) is 5.63. The Bertz CT molecular complexity index is 660. The fourth-order valence-corrected chi connectivity index (χ4v) is 3.58. The Morgan fingerprint density at radius 1 is 1.29 bits per heavy atom. The fourth-order valence-electron chi connectivity index (χ4n) is 2.85. The molecule has 0 spiro atoms. The SMILES string of the molecule is CCCCc1ccc(-c2csc(NC(=O)C3CCOCC3)n2)cc1. The second-order valence-corrected chi connectivity index (χ2v) is 7.07. The van der Waals surface area contributed by atoms with Gasteiger partial charge in [-0.05, 0) is 31.2 Å². The van der Waals surface area contributed by atoms with Crippen LogP contribution in [-0.4, -0.2) is 24.1 Å². The summed E-state index contributed by atoms with van der Waals surface area (Å²) in [6.07, 6.45) is 5.15. The quantitative estimate of drug-likeness (QED) is 0.838. The standard InChI is InChI=1S/C19H24N2O2S/c1-2-3-4-14-5-7-15(8-6-14)17-13-24-19(20-17)21-18(22)16-9-11-23-12-10-16/h5-8,13,16H,2-4,9-12H2,1H3,(H,20,21,22). The van der Waals surface area contributed by atoms with Gasteiger partial charge in [-0.25, -0.2) is 4.98 Å². The number of benzene rings is 1.